The molecule has 0 radical (unpaired) electrons. The SMILES string of the molecule is COc1ccc(OCCNc2ccccc2NC(=O)Nc2ccc(-c3ccccc3)nn2)cc1. The van der Waals surface area contributed by atoms with Crippen molar-refractivity contribution >= 4 is 23.2 Å². The molecule has 3 N–H and O–H groups in total. The quantitative estimate of drug-likeness (QED) is 0.297. The molecule has 0 aliphatic carbocycles. The monoisotopic (exact) mass is 455 g/mol. The highest BCUT2D eigenvalue weighted by molar-refractivity contribution is 6.01. The number of benzene rings is 3. The molecule has 0 bridgehead atoms. The third-order valence-electron chi connectivity index (χ3n) is 4.90. The van der Waals surface area contributed by atoms with E-state index >= 15 is 0 Å². The molecular formula is C26H25N5O3. The summed E-state index contributed by atoms with van der Waals surface area (Å²) < 4.78 is 10.9. The molecule has 1 aromatic heterocycles. The number of nitrogens with zero attached hydrogens (tertiary/aromatic N) is 2. The molecule has 0 spiro atoms. The van der Waals surface area contributed by atoms with Crippen molar-refractivity contribution in [2.45, 2.75) is 0 Å². The first-order valence-electron chi connectivity index (χ1n) is 10.8. The van der Waals surface area contributed by atoms with E-state index < -0.39 is 6.03 Å². The summed E-state index contributed by atoms with van der Waals surface area (Å²) in [6, 6.07) is 27.7. The van der Waals surface area contributed by atoms with Gasteiger partial charge in [0.15, 0.2) is 5.82 Å². The second kappa shape index (κ2) is 11.3. The Kier molecular flexibility index (Phi) is 7.53. The zero-order valence-electron chi connectivity index (χ0n) is 18.7. The van der Waals surface area contributed by atoms with E-state index in [-0.39, 0.29) is 0 Å². The molecule has 172 valence electrons. The first-order valence-corrected chi connectivity index (χ1v) is 10.8. The molecule has 4 rings (SSSR count). The lowest BCUT2D eigenvalue weighted by atomic mass is 10.1. The number of hydrogen-bond donors (Lipinski definition) is 3. The molecule has 0 saturated carbocycles. The van der Waals surface area contributed by atoms with Crippen molar-refractivity contribution in [1.82, 2.24) is 10.2 Å². The van der Waals surface area contributed by atoms with Crippen molar-refractivity contribution in [2.75, 3.05) is 36.2 Å². The average molecular weight is 456 g/mol. The maximum Gasteiger partial charge on any atom is 0.324 e. The molecule has 0 aliphatic heterocycles. The summed E-state index contributed by atoms with van der Waals surface area (Å²) >= 11 is 0. The van der Waals surface area contributed by atoms with Crippen LogP contribution in [0.4, 0.5) is 22.0 Å². The molecule has 1 heterocycles. The van der Waals surface area contributed by atoms with Crippen molar-refractivity contribution < 1.29 is 14.3 Å². The Morgan fingerprint density at radius 2 is 1.47 bits per heavy atom. The van der Waals surface area contributed by atoms with E-state index in [1.165, 1.54) is 0 Å². The predicted octanol–water partition coefficient (Wildman–Crippen LogP) is 5.29. The lowest BCUT2D eigenvalue weighted by molar-refractivity contribution is 0.262. The van der Waals surface area contributed by atoms with E-state index in [4.69, 9.17) is 9.47 Å². The molecule has 0 fully saturated rings. The molecular weight excluding hydrogens is 430 g/mol. The summed E-state index contributed by atoms with van der Waals surface area (Å²) in [7, 11) is 1.63. The molecule has 0 unspecified atom stereocenters. The molecule has 4 aromatic rings. The van der Waals surface area contributed by atoms with E-state index in [0.717, 1.165) is 28.4 Å². The summed E-state index contributed by atoms with van der Waals surface area (Å²) in [6.07, 6.45) is 0. The minimum atomic E-state index is -0.412. The van der Waals surface area contributed by atoms with E-state index in [9.17, 15) is 4.79 Å². The average Bonchev–Trinajstić information content (AvgIpc) is 2.89. The normalized spacial score (nSPS) is 10.3. The third-order valence-corrected chi connectivity index (χ3v) is 4.90. The predicted molar refractivity (Wildman–Crippen MR) is 134 cm³/mol. The van der Waals surface area contributed by atoms with Crippen LogP contribution >= 0.6 is 0 Å². The molecule has 2 amide bonds. The minimum Gasteiger partial charge on any atom is -0.497 e. The van der Waals surface area contributed by atoms with Gasteiger partial charge in [-0.2, -0.15) is 0 Å². The highest BCUT2D eigenvalue weighted by Gasteiger charge is 2.08. The Balaban J connectivity index is 1.28. The van der Waals surface area contributed by atoms with Gasteiger partial charge in [-0.25, -0.2) is 4.79 Å². The van der Waals surface area contributed by atoms with Crippen LogP contribution in [0, 0.1) is 0 Å². The van der Waals surface area contributed by atoms with Gasteiger partial charge >= 0.3 is 6.03 Å². The Bertz CT molecular complexity index is 1200. The topological polar surface area (TPSA) is 97.4 Å². The summed E-state index contributed by atoms with van der Waals surface area (Å²) in [5, 5.41) is 17.1. The fourth-order valence-corrected chi connectivity index (χ4v) is 3.20. The van der Waals surface area contributed by atoms with Crippen LogP contribution in [0.1, 0.15) is 0 Å². The van der Waals surface area contributed by atoms with Crippen molar-refractivity contribution in [3.63, 3.8) is 0 Å². The molecule has 0 atom stereocenters. The molecule has 34 heavy (non-hydrogen) atoms. The number of anilines is 3. The number of rotatable bonds is 9. The number of methoxy groups -OCH3 is 1. The molecule has 0 aliphatic rings. The summed E-state index contributed by atoms with van der Waals surface area (Å²) in [5.41, 5.74) is 3.11. The van der Waals surface area contributed by atoms with Gasteiger partial charge in [0.05, 0.1) is 24.2 Å². The van der Waals surface area contributed by atoms with Gasteiger partial charge in [-0.3, -0.25) is 5.32 Å². The Labute approximate surface area is 198 Å². The second-order valence-electron chi connectivity index (χ2n) is 7.25. The fourth-order valence-electron chi connectivity index (χ4n) is 3.20. The summed E-state index contributed by atoms with van der Waals surface area (Å²) in [5.74, 6) is 1.89. The van der Waals surface area contributed by atoms with Crippen molar-refractivity contribution in [3.8, 4) is 22.8 Å². The molecule has 3 aromatic carbocycles. The first kappa shape index (κ1) is 22.6. The number of urea groups is 1. The summed E-state index contributed by atoms with van der Waals surface area (Å²) in [4.78, 5) is 12.5. The van der Waals surface area contributed by atoms with E-state index in [1.807, 2.05) is 84.9 Å². The standard InChI is InChI=1S/C26H25N5O3/c1-33-20-11-13-21(14-12-20)34-18-17-27-23-9-5-6-10-24(23)28-26(32)29-25-16-15-22(30-31-25)19-7-3-2-4-8-19/h2-16,27H,17-18H2,1H3,(H2,28,29,31,32). The number of nitrogens with one attached hydrogen (secondary N) is 3. The largest absolute Gasteiger partial charge is 0.497 e. The highest BCUT2D eigenvalue weighted by Crippen LogP contribution is 2.22. The number of carbonyl (C=O) groups excluding carboxylic acids is 1. The van der Waals surface area contributed by atoms with E-state index in [1.54, 1.807) is 13.2 Å². The van der Waals surface area contributed by atoms with Crippen LogP contribution in [0.3, 0.4) is 0 Å². The van der Waals surface area contributed by atoms with Crippen LogP contribution in [0.5, 0.6) is 11.5 Å². The Hall–Kier alpha value is -4.59. The van der Waals surface area contributed by atoms with Gasteiger partial charge in [0.2, 0.25) is 0 Å². The number of aromatic nitrogens is 2. The lowest BCUT2D eigenvalue weighted by Gasteiger charge is -2.14. The number of carbonyl (C=O) groups is 1. The van der Waals surface area contributed by atoms with E-state index in [2.05, 4.69) is 26.1 Å². The van der Waals surface area contributed by atoms with Crippen molar-refractivity contribution in [3.05, 3.63) is 91.0 Å². The molecule has 8 nitrogen and oxygen atoms in total. The lowest BCUT2D eigenvalue weighted by Crippen LogP contribution is -2.21. The van der Waals surface area contributed by atoms with Crippen LogP contribution in [-0.4, -0.2) is 36.5 Å². The van der Waals surface area contributed by atoms with Gasteiger partial charge < -0.3 is 20.1 Å². The Morgan fingerprint density at radius 1 is 0.765 bits per heavy atom. The highest BCUT2D eigenvalue weighted by atomic mass is 16.5. The zero-order chi connectivity index (χ0) is 23.6. The van der Waals surface area contributed by atoms with Crippen molar-refractivity contribution in [2.24, 2.45) is 0 Å². The number of para-hydroxylation sites is 2. The maximum atomic E-state index is 12.5. The second-order valence-corrected chi connectivity index (χ2v) is 7.25. The van der Waals surface area contributed by atoms with Crippen molar-refractivity contribution in [1.29, 1.82) is 0 Å². The smallest absolute Gasteiger partial charge is 0.324 e. The van der Waals surface area contributed by atoms with Gasteiger partial charge in [-0.1, -0.05) is 42.5 Å². The zero-order valence-corrected chi connectivity index (χ0v) is 18.7. The van der Waals surface area contributed by atoms with Crippen LogP contribution in [0.25, 0.3) is 11.3 Å². The minimum absolute atomic E-state index is 0.357. The third kappa shape index (κ3) is 6.23. The summed E-state index contributed by atoms with van der Waals surface area (Å²) in [6.45, 7) is 1.01. The van der Waals surface area contributed by atoms with Crippen LogP contribution in [0.2, 0.25) is 0 Å². The number of hydrogen-bond acceptors (Lipinski definition) is 6. The Morgan fingerprint density at radius 3 is 2.18 bits per heavy atom. The van der Waals surface area contributed by atoms with Gasteiger partial charge in [-0.05, 0) is 48.5 Å². The van der Waals surface area contributed by atoms with Gasteiger partial charge in [0, 0.05) is 12.1 Å². The van der Waals surface area contributed by atoms with Gasteiger partial charge in [0.1, 0.15) is 18.1 Å². The fraction of sp³-hybridized carbons (Fsp3) is 0.115. The van der Waals surface area contributed by atoms with Crippen LogP contribution < -0.4 is 25.4 Å². The maximum absolute atomic E-state index is 12.5. The van der Waals surface area contributed by atoms with Gasteiger partial charge in [0.25, 0.3) is 0 Å². The van der Waals surface area contributed by atoms with Crippen LogP contribution in [0.15, 0.2) is 91.0 Å². The molecule has 0 saturated heterocycles. The molecule has 8 heteroatoms. The van der Waals surface area contributed by atoms with Crippen LogP contribution in [-0.2, 0) is 0 Å². The first-order chi connectivity index (χ1) is 16.7. The number of ether oxygens (including phenoxy) is 2. The van der Waals surface area contributed by atoms with E-state index in [0.29, 0.717) is 24.7 Å². The number of amides is 2. The van der Waals surface area contributed by atoms with Gasteiger partial charge in [-0.15, -0.1) is 10.2 Å².